The number of nitrogens with two attached hydrogens (primary N) is 1. The van der Waals surface area contributed by atoms with Crippen LogP contribution in [0.4, 0.5) is 11.8 Å². The first-order chi connectivity index (χ1) is 10.2. The molecule has 0 saturated heterocycles. The number of aryl methyl sites for hydroxylation is 1. The van der Waals surface area contributed by atoms with Gasteiger partial charge in [-0.15, -0.1) is 11.3 Å². The molecular formula is C14H23N5OS. The lowest BCUT2D eigenvalue weighted by Gasteiger charge is -2.22. The van der Waals surface area contributed by atoms with Gasteiger partial charge in [0.15, 0.2) is 0 Å². The molecule has 2 aromatic rings. The molecule has 0 radical (unpaired) electrons. The first kappa shape index (κ1) is 15.9. The summed E-state index contributed by atoms with van der Waals surface area (Å²) in [6.07, 6.45) is 0.997. The third kappa shape index (κ3) is 3.61. The highest BCUT2D eigenvalue weighted by Crippen LogP contribution is 2.32. The summed E-state index contributed by atoms with van der Waals surface area (Å²) in [5, 5.41) is 1.09. The van der Waals surface area contributed by atoms with Crippen LogP contribution in [0.1, 0.15) is 25.6 Å². The van der Waals surface area contributed by atoms with Gasteiger partial charge in [-0.1, -0.05) is 6.92 Å². The molecule has 3 N–H and O–H groups in total. The molecule has 0 aliphatic carbocycles. The quantitative estimate of drug-likeness (QED) is 0.443. The number of nitrogens with one attached hydrogen (secondary N) is 1. The van der Waals surface area contributed by atoms with Gasteiger partial charge >= 0.3 is 0 Å². The molecule has 116 valence electrons. The zero-order valence-electron chi connectivity index (χ0n) is 12.8. The molecule has 0 aliphatic rings. The van der Waals surface area contributed by atoms with Crippen molar-refractivity contribution in [3.8, 4) is 0 Å². The van der Waals surface area contributed by atoms with Crippen LogP contribution in [0.5, 0.6) is 0 Å². The second-order valence-corrected chi connectivity index (χ2v) is 5.69. The fraction of sp³-hybridized carbons (Fsp3) is 0.571. The SMILES string of the molecule is CCOCCN(CC)c1nc(NN)nc2sc(CC)cc12. The standard InChI is InChI=1S/C14H23N5OS/c1-4-10-9-11-12(19(5-2)7-8-20-6-3)16-14(18-15)17-13(11)21-10/h9H,4-8,15H2,1-3H3,(H,16,17,18). The highest BCUT2D eigenvalue weighted by molar-refractivity contribution is 7.18. The number of hydrazine groups is 1. The number of ether oxygens (including phenoxy) is 1. The maximum absolute atomic E-state index is 5.50. The number of nitrogens with zero attached hydrogens (tertiary/aromatic N) is 3. The van der Waals surface area contributed by atoms with Crippen molar-refractivity contribution in [1.29, 1.82) is 0 Å². The third-order valence-corrected chi connectivity index (χ3v) is 4.47. The van der Waals surface area contributed by atoms with Gasteiger partial charge in [-0.05, 0) is 26.3 Å². The first-order valence-corrected chi connectivity index (χ1v) is 8.14. The lowest BCUT2D eigenvalue weighted by atomic mass is 10.3. The Morgan fingerprint density at radius 3 is 2.76 bits per heavy atom. The molecule has 0 fully saturated rings. The van der Waals surface area contributed by atoms with Crippen molar-refractivity contribution in [2.24, 2.45) is 5.84 Å². The maximum atomic E-state index is 5.50. The van der Waals surface area contributed by atoms with Gasteiger partial charge < -0.3 is 9.64 Å². The normalized spacial score (nSPS) is 11.0. The fourth-order valence-electron chi connectivity index (χ4n) is 2.17. The van der Waals surface area contributed by atoms with Crippen molar-refractivity contribution >= 4 is 33.3 Å². The molecule has 0 atom stereocenters. The number of fused-ring (bicyclic) bond motifs is 1. The van der Waals surface area contributed by atoms with Crippen molar-refractivity contribution in [3.63, 3.8) is 0 Å². The average Bonchev–Trinajstić information content (AvgIpc) is 2.94. The number of hydrogen-bond acceptors (Lipinski definition) is 7. The molecule has 2 rings (SSSR count). The van der Waals surface area contributed by atoms with Crippen LogP contribution in [-0.2, 0) is 11.2 Å². The molecule has 21 heavy (non-hydrogen) atoms. The van der Waals surface area contributed by atoms with Gasteiger partial charge in [0.1, 0.15) is 10.6 Å². The molecule has 7 heteroatoms. The van der Waals surface area contributed by atoms with Gasteiger partial charge in [0.05, 0.1) is 12.0 Å². The van der Waals surface area contributed by atoms with Gasteiger partial charge in [0.2, 0.25) is 5.95 Å². The minimum Gasteiger partial charge on any atom is -0.380 e. The van der Waals surface area contributed by atoms with Gasteiger partial charge in [-0.2, -0.15) is 4.98 Å². The number of likely N-dealkylation sites (N-methyl/N-ethyl adjacent to an activating group) is 1. The Hall–Kier alpha value is -1.44. The van der Waals surface area contributed by atoms with E-state index in [0.717, 1.165) is 42.2 Å². The zero-order valence-corrected chi connectivity index (χ0v) is 13.7. The predicted molar refractivity (Wildman–Crippen MR) is 89.0 cm³/mol. The molecule has 2 heterocycles. The first-order valence-electron chi connectivity index (χ1n) is 7.33. The van der Waals surface area contributed by atoms with Crippen LogP contribution in [0.15, 0.2) is 6.07 Å². The lowest BCUT2D eigenvalue weighted by Crippen LogP contribution is -2.28. The Balaban J connectivity index is 2.40. The minimum absolute atomic E-state index is 0.455. The summed E-state index contributed by atoms with van der Waals surface area (Å²) < 4.78 is 5.46. The van der Waals surface area contributed by atoms with Crippen LogP contribution in [0.25, 0.3) is 10.2 Å². The van der Waals surface area contributed by atoms with Crippen LogP contribution < -0.4 is 16.2 Å². The van der Waals surface area contributed by atoms with E-state index in [9.17, 15) is 0 Å². The Labute approximate surface area is 129 Å². The van der Waals surface area contributed by atoms with Crippen LogP contribution >= 0.6 is 11.3 Å². The van der Waals surface area contributed by atoms with Crippen molar-refractivity contribution in [3.05, 3.63) is 10.9 Å². The summed E-state index contributed by atoms with van der Waals surface area (Å²) in [4.78, 5) is 13.5. The predicted octanol–water partition coefficient (Wildman–Crippen LogP) is 2.40. The van der Waals surface area contributed by atoms with Crippen molar-refractivity contribution in [1.82, 2.24) is 9.97 Å². The van der Waals surface area contributed by atoms with Gasteiger partial charge in [0.25, 0.3) is 0 Å². The molecule has 0 saturated carbocycles. The smallest absolute Gasteiger partial charge is 0.240 e. The molecule has 0 bridgehead atoms. The van der Waals surface area contributed by atoms with E-state index < -0.39 is 0 Å². The van der Waals surface area contributed by atoms with E-state index in [1.165, 1.54) is 4.88 Å². The number of nitrogen functional groups attached to an aromatic ring is 1. The summed E-state index contributed by atoms with van der Waals surface area (Å²) in [5.41, 5.74) is 2.56. The van der Waals surface area contributed by atoms with Gasteiger partial charge in [-0.25, -0.2) is 10.8 Å². The fourth-order valence-corrected chi connectivity index (χ4v) is 3.13. The Bertz CT molecular complexity index is 586. The monoisotopic (exact) mass is 309 g/mol. The third-order valence-electron chi connectivity index (χ3n) is 3.29. The Morgan fingerprint density at radius 2 is 2.14 bits per heavy atom. The molecule has 2 aromatic heterocycles. The van der Waals surface area contributed by atoms with Gasteiger partial charge in [0, 0.05) is 24.6 Å². The molecule has 0 aliphatic heterocycles. The van der Waals surface area contributed by atoms with E-state index in [4.69, 9.17) is 10.6 Å². The van der Waals surface area contributed by atoms with Crippen LogP contribution in [0, 0.1) is 0 Å². The number of rotatable bonds is 8. The minimum atomic E-state index is 0.455. The van der Waals surface area contributed by atoms with E-state index >= 15 is 0 Å². The second kappa shape index (κ2) is 7.53. The molecule has 0 amide bonds. The lowest BCUT2D eigenvalue weighted by molar-refractivity contribution is 0.154. The summed E-state index contributed by atoms with van der Waals surface area (Å²) >= 11 is 1.69. The topological polar surface area (TPSA) is 76.3 Å². The summed E-state index contributed by atoms with van der Waals surface area (Å²) in [7, 11) is 0. The van der Waals surface area contributed by atoms with Crippen molar-refractivity contribution < 1.29 is 4.74 Å². The summed E-state index contributed by atoms with van der Waals surface area (Å²) in [6, 6.07) is 2.18. The van der Waals surface area contributed by atoms with Crippen LogP contribution in [-0.4, -0.2) is 36.3 Å². The van der Waals surface area contributed by atoms with Gasteiger partial charge in [-0.3, -0.25) is 5.43 Å². The Kier molecular flexibility index (Phi) is 5.72. The van der Waals surface area contributed by atoms with E-state index in [-0.39, 0.29) is 0 Å². The van der Waals surface area contributed by atoms with E-state index in [1.54, 1.807) is 11.3 Å². The average molecular weight is 309 g/mol. The number of anilines is 2. The maximum Gasteiger partial charge on any atom is 0.240 e. The summed E-state index contributed by atoms with van der Waals surface area (Å²) in [6.45, 7) is 9.34. The number of thiophene rings is 1. The van der Waals surface area contributed by atoms with Crippen LogP contribution in [0.2, 0.25) is 0 Å². The molecular weight excluding hydrogens is 286 g/mol. The zero-order chi connectivity index (χ0) is 15.2. The highest BCUT2D eigenvalue weighted by atomic mass is 32.1. The van der Waals surface area contributed by atoms with Crippen LogP contribution in [0.3, 0.4) is 0 Å². The van der Waals surface area contributed by atoms with E-state index in [0.29, 0.717) is 12.6 Å². The number of aromatic nitrogens is 2. The Morgan fingerprint density at radius 1 is 1.33 bits per heavy atom. The van der Waals surface area contributed by atoms with E-state index in [1.807, 2.05) is 6.92 Å². The molecule has 6 nitrogen and oxygen atoms in total. The van der Waals surface area contributed by atoms with Crippen molar-refractivity contribution in [2.75, 3.05) is 36.6 Å². The largest absolute Gasteiger partial charge is 0.380 e. The molecule has 0 aromatic carbocycles. The van der Waals surface area contributed by atoms with Crippen molar-refractivity contribution in [2.45, 2.75) is 27.2 Å². The molecule has 0 unspecified atom stereocenters. The summed E-state index contributed by atoms with van der Waals surface area (Å²) in [5.74, 6) is 6.88. The highest BCUT2D eigenvalue weighted by Gasteiger charge is 2.15. The van der Waals surface area contributed by atoms with E-state index in [2.05, 4.69) is 40.2 Å². The number of hydrogen-bond donors (Lipinski definition) is 2. The second-order valence-electron chi connectivity index (χ2n) is 4.58. The molecule has 0 spiro atoms.